The van der Waals surface area contributed by atoms with Gasteiger partial charge in [0.25, 0.3) is 0 Å². The third-order valence-electron chi connectivity index (χ3n) is 2.90. The van der Waals surface area contributed by atoms with E-state index in [1.807, 2.05) is 0 Å². The molecule has 0 aliphatic rings. The van der Waals surface area contributed by atoms with Crippen molar-refractivity contribution < 1.29 is 27.8 Å². The number of benzene rings is 1. The Kier molecular flexibility index (Phi) is 4.57. The second-order valence-electron chi connectivity index (χ2n) is 4.34. The van der Waals surface area contributed by atoms with Crippen molar-refractivity contribution in [3.05, 3.63) is 35.9 Å². The molecule has 3 nitrogen and oxygen atoms in total. The topological polar surface area (TPSA) is 46.5 Å². The van der Waals surface area contributed by atoms with Crippen LogP contribution in [-0.4, -0.2) is 22.9 Å². The van der Waals surface area contributed by atoms with Gasteiger partial charge in [-0.05, 0) is 18.9 Å². The van der Waals surface area contributed by atoms with Crippen LogP contribution in [-0.2, 0) is 9.53 Å². The van der Waals surface area contributed by atoms with Crippen molar-refractivity contribution in [1.29, 1.82) is 0 Å². The molecule has 2 atom stereocenters. The highest BCUT2D eigenvalue weighted by atomic mass is 19.4. The van der Waals surface area contributed by atoms with Crippen LogP contribution in [0.5, 0.6) is 0 Å². The van der Waals surface area contributed by atoms with Gasteiger partial charge >= 0.3 is 12.1 Å². The number of hydrogen-bond acceptors (Lipinski definition) is 2. The largest absolute Gasteiger partial charge is 0.479 e. The third kappa shape index (κ3) is 3.70. The van der Waals surface area contributed by atoms with Crippen LogP contribution >= 0.6 is 0 Å². The van der Waals surface area contributed by atoms with Crippen molar-refractivity contribution in [2.75, 3.05) is 0 Å². The number of rotatable bonds is 5. The first-order valence-corrected chi connectivity index (χ1v) is 5.73. The molecular formula is C13H15F3O3. The maximum Gasteiger partial charge on any atom is 0.418 e. The van der Waals surface area contributed by atoms with Gasteiger partial charge < -0.3 is 9.84 Å². The predicted octanol–water partition coefficient (Wildman–Crippen LogP) is 3.56. The van der Waals surface area contributed by atoms with E-state index in [-0.39, 0.29) is 12.0 Å². The molecular weight excluding hydrogens is 261 g/mol. The SMILES string of the molecule is CCC(C)(OC(c1ccccc1)C(F)(F)F)C(=O)O. The van der Waals surface area contributed by atoms with Gasteiger partial charge in [0.2, 0.25) is 0 Å². The molecule has 0 amide bonds. The first kappa shape index (κ1) is 15.5. The normalized spacial score (nSPS) is 16.7. The van der Waals surface area contributed by atoms with Crippen molar-refractivity contribution in [2.24, 2.45) is 0 Å². The van der Waals surface area contributed by atoms with Crippen LogP contribution in [0.2, 0.25) is 0 Å². The molecule has 0 aromatic heterocycles. The Morgan fingerprint density at radius 3 is 2.21 bits per heavy atom. The van der Waals surface area contributed by atoms with Crippen LogP contribution in [0.25, 0.3) is 0 Å². The minimum atomic E-state index is -4.67. The summed E-state index contributed by atoms with van der Waals surface area (Å²) in [5.41, 5.74) is -1.99. The molecule has 1 aromatic carbocycles. The maximum atomic E-state index is 13.0. The van der Waals surface area contributed by atoms with E-state index in [1.54, 1.807) is 6.07 Å². The minimum absolute atomic E-state index is 0.0677. The Morgan fingerprint density at radius 1 is 1.32 bits per heavy atom. The minimum Gasteiger partial charge on any atom is -0.479 e. The summed E-state index contributed by atoms with van der Waals surface area (Å²) in [4.78, 5) is 11.1. The molecule has 0 aliphatic carbocycles. The fraction of sp³-hybridized carbons (Fsp3) is 0.462. The summed E-state index contributed by atoms with van der Waals surface area (Å²) in [6, 6.07) is 6.99. The van der Waals surface area contributed by atoms with Gasteiger partial charge in [-0.25, -0.2) is 4.79 Å². The standard InChI is InChI=1S/C13H15F3O3/c1-3-12(2,11(17)18)19-10(13(14,15)16)9-7-5-4-6-8-9/h4-8,10H,3H2,1-2H3,(H,17,18). The lowest BCUT2D eigenvalue weighted by Crippen LogP contribution is -2.42. The molecule has 19 heavy (non-hydrogen) atoms. The highest BCUT2D eigenvalue weighted by Gasteiger charge is 2.47. The molecule has 0 heterocycles. The quantitative estimate of drug-likeness (QED) is 0.894. The number of carboxylic acids is 1. The van der Waals surface area contributed by atoms with Crippen LogP contribution in [0.15, 0.2) is 30.3 Å². The van der Waals surface area contributed by atoms with Gasteiger partial charge in [-0.15, -0.1) is 0 Å². The number of aliphatic carboxylic acids is 1. The summed E-state index contributed by atoms with van der Waals surface area (Å²) in [5.74, 6) is -1.42. The number of carboxylic acid groups (broad SMARTS) is 1. The summed E-state index contributed by atoms with van der Waals surface area (Å²) in [5, 5.41) is 9.00. The number of alkyl halides is 3. The fourth-order valence-corrected chi connectivity index (χ4v) is 1.50. The van der Waals surface area contributed by atoms with Crippen LogP contribution in [0, 0.1) is 0 Å². The van der Waals surface area contributed by atoms with Crippen molar-refractivity contribution in [2.45, 2.75) is 38.1 Å². The molecule has 0 spiro atoms. The number of ether oxygens (including phenoxy) is 1. The third-order valence-corrected chi connectivity index (χ3v) is 2.90. The second-order valence-corrected chi connectivity index (χ2v) is 4.34. The Morgan fingerprint density at radius 2 is 1.84 bits per heavy atom. The van der Waals surface area contributed by atoms with Crippen molar-refractivity contribution in [3.8, 4) is 0 Å². The zero-order valence-corrected chi connectivity index (χ0v) is 10.6. The zero-order chi connectivity index (χ0) is 14.7. The summed E-state index contributed by atoms with van der Waals surface area (Å²) in [6.45, 7) is 2.60. The molecule has 0 bridgehead atoms. The van der Waals surface area contributed by atoms with Crippen molar-refractivity contribution in [3.63, 3.8) is 0 Å². The Labute approximate surface area is 109 Å². The zero-order valence-electron chi connectivity index (χ0n) is 10.6. The highest BCUT2D eigenvalue weighted by Crippen LogP contribution is 2.39. The van der Waals surface area contributed by atoms with E-state index in [0.717, 1.165) is 6.92 Å². The summed E-state index contributed by atoms with van der Waals surface area (Å²) in [6.07, 6.45) is -7.00. The molecule has 0 aliphatic heterocycles. The van der Waals surface area contributed by atoms with E-state index in [1.165, 1.54) is 31.2 Å². The lowest BCUT2D eigenvalue weighted by Gasteiger charge is -2.31. The van der Waals surface area contributed by atoms with Gasteiger partial charge in [-0.2, -0.15) is 13.2 Å². The van der Waals surface area contributed by atoms with Crippen LogP contribution in [0.3, 0.4) is 0 Å². The molecule has 1 rings (SSSR count). The molecule has 1 N–H and O–H groups in total. The van der Waals surface area contributed by atoms with E-state index in [0.29, 0.717) is 0 Å². The monoisotopic (exact) mass is 276 g/mol. The van der Waals surface area contributed by atoms with Gasteiger partial charge in [0.15, 0.2) is 11.7 Å². The maximum absolute atomic E-state index is 13.0. The van der Waals surface area contributed by atoms with E-state index >= 15 is 0 Å². The molecule has 106 valence electrons. The Hall–Kier alpha value is -1.56. The highest BCUT2D eigenvalue weighted by molar-refractivity contribution is 5.76. The van der Waals surface area contributed by atoms with Crippen LogP contribution in [0.1, 0.15) is 31.9 Å². The van der Waals surface area contributed by atoms with E-state index in [4.69, 9.17) is 9.84 Å². The van der Waals surface area contributed by atoms with Crippen molar-refractivity contribution >= 4 is 5.97 Å². The van der Waals surface area contributed by atoms with E-state index in [9.17, 15) is 18.0 Å². The first-order valence-electron chi connectivity index (χ1n) is 5.73. The van der Waals surface area contributed by atoms with E-state index < -0.39 is 23.9 Å². The summed E-state index contributed by atoms with van der Waals surface area (Å²) in [7, 11) is 0. The van der Waals surface area contributed by atoms with Gasteiger partial charge in [-0.3, -0.25) is 0 Å². The molecule has 1 aromatic rings. The molecule has 2 unspecified atom stereocenters. The summed E-state index contributed by atoms with van der Waals surface area (Å²) >= 11 is 0. The predicted molar refractivity (Wildman–Crippen MR) is 62.7 cm³/mol. The second kappa shape index (κ2) is 5.61. The lowest BCUT2D eigenvalue weighted by atomic mass is 10.0. The number of hydrogen-bond donors (Lipinski definition) is 1. The van der Waals surface area contributed by atoms with Crippen molar-refractivity contribution in [1.82, 2.24) is 0 Å². The smallest absolute Gasteiger partial charge is 0.418 e. The Balaban J connectivity index is 3.11. The number of halogens is 3. The van der Waals surface area contributed by atoms with Gasteiger partial charge in [0, 0.05) is 0 Å². The number of carbonyl (C=O) groups is 1. The van der Waals surface area contributed by atoms with E-state index in [2.05, 4.69) is 0 Å². The fourth-order valence-electron chi connectivity index (χ4n) is 1.50. The molecule has 0 radical (unpaired) electrons. The molecule has 0 saturated carbocycles. The molecule has 6 heteroatoms. The van der Waals surface area contributed by atoms with Crippen LogP contribution in [0.4, 0.5) is 13.2 Å². The van der Waals surface area contributed by atoms with Gasteiger partial charge in [0.05, 0.1) is 0 Å². The first-order chi connectivity index (χ1) is 8.70. The molecule has 0 saturated heterocycles. The average molecular weight is 276 g/mol. The lowest BCUT2D eigenvalue weighted by molar-refractivity contribution is -0.255. The Bertz CT molecular complexity index is 431. The van der Waals surface area contributed by atoms with Crippen LogP contribution < -0.4 is 0 Å². The van der Waals surface area contributed by atoms with Gasteiger partial charge in [0.1, 0.15) is 0 Å². The summed E-state index contributed by atoms with van der Waals surface area (Å²) < 4.78 is 43.9. The molecule has 0 fully saturated rings. The van der Waals surface area contributed by atoms with Gasteiger partial charge in [-0.1, -0.05) is 37.3 Å². The average Bonchev–Trinajstić information content (AvgIpc) is 2.35.